The van der Waals surface area contributed by atoms with E-state index in [9.17, 15) is 9.59 Å². The molecule has 130 valence electrons. The second-order valence-electron chi connectivity index (χ2n) is 6.40. The quantitative estimate of drug-likeness (QED) is 0.288. The molecule has 6 heteroatoms. The van der Waals surface area contributed by atoms with Crippen molar-refractivity contribution < 1.29 is 14.3 Å². The van der Waals surface area contributed by atoms with Gasteiger partial charge in [-0.25, -0.2) is 4.79 Å². The zero-order valence-corrected chi connectivity index (χ0v) is 15.6. The molecule has 0 aliphatic carbocycles. The van der Waals surface area contributed by atoms with Crippen LogP contribution in [-0.4, -0.2) is 35.9 Å². The van der Waals surface area contributed by atoms with Crippen LogP contribution in [0.15, 0.2) is 12.1 Å². The van der Waals surface area contributed by atoms with Crippen molar-refractivity contribution in [2.75, 3.05) is 6.54 Å². The van der Waals surface area contributed by atoms with E-state index in [1.807, 2.05) is 32.9 Å². The van der Waals surface area contributed by atoms with Gasteiger partial charge >= 0.3 is 5.97 Å². The van der Waals surface area contributed by atoms with Crippen LogP contribution in [0.25, 0.3) is 0 Å². The summed E-state index contributed by atoms with van der Waals surface area (Å²) in [6.07, 6.45) is 2.71. The van der Waals surface area contributed by atoms with Crippen LogP contribution in [0, 0.1) is 26.2 Å². The Morgan fingerprint density at radius 1 is 1.25 bits per heavy atom. The van der Waals surface area contributed by atoms with Gasteiger partial charge in [-0.15, -0.1) is 9.24 Å². The molecule has 0 saturated carbocycles. The highest BCUT2D eigenvalue weighted by Crippen LogP contribution is 2.22. The second kappa shape index (κ2) is 8.00. The molecule has 0 aromatic heterocycles. The molecule has 24 heavy (non-hydrogen) atoms. The van der Waals surface area contributed by atoms with E-state index in [0.29, 0.717) is 12.0 Å². The molecule has 0 spiro atoms. The van der Waals surface area contributed by atoms with Gasteiger partial charge in [0, 0.05) is 5.56 Å². The summed E-state index contributed by atoms with van der Waals surface area (Å²) in [5, 5.41) is 11.1. The summed E-state index contributed by atoms with van der Waals surface area (Å²) in [4.78, 5) is 24.8. The van der Waals surface area contributed by atoms with E-state index in [2.05, 4.69) is 14.6 Å². The minimum Gasteiger partial charge on any atom is -0.410 e. The molecular formula is C18H25N2O3P. The number of ketones is 1. The van der Waals surface area contributed by atoms with Gasteiger partial charge in [0.05, 0.1) is 0 Å². The van der Waals surface area contributed by atoms with Crippen molar-refractivity contribution >= 4 is 26.9 Å². The van der Waals surface area contributed by atoms with Crippen LogP contribution in [0.1, 0.15) is 46.3 Å². The Kier molecular flexibility index (Phi) is 6.25. The fraction of sp³-hybridized carbons (Fsp3) is 0.500. The predicted molar refractivity (Wildman–Crippen MR) is 97.9 cm³/mol. The lowest BCUT2D eigenvalue weighted by Crippen LogP contribution is -2.43. The predicted octanol–water partition coefficient (Wildman–Crippen LogP) is 2.70. The Morgan fingerprint density at radius 2 is 1.88 bits per heavy atom. The Morgan fingerprint density at radius 3 is 2.42 bits per heavy atom. The van der Waals surface area contributed by atoms with Crippen molar-refractivity contribution in [3.8, 4) is 0 Å². The topological polar surface area (TPSA) is 79.2 Å². The number of benzene rings is 1. The van der Waals surface area contributed by atoms with Crippen molar-refractivity contribution in [1.29, 1.82) is 5.41 Å². The first kappa shape index (κ1) is 18.8. The largest absolute Gasteiger partial charge is 0.410 e. The second-order valence-corrected chi connectivity index (χ2v) is 7.07. The van der Waals surface area contributed by atoms with E-state index >= 15 is 0 Å². The summed E-state index contributed by atoms with van der Waals surface area (Å²) in [7, 11) is 2.33. The van der Waals surface area contributed by atoms with E-state index in [-0.39, 0.29) is 17.7 Å². The Bertz CT molecular complexity index is 643. The maximum absolute atomic E-state index is 12.7. The van der Waals surface area contributed by atoms with E-state index in [4.69, 9.17) is 10.1 Å². The summed E-state index contributed by atoms with van der Waals surface area (Å²) in [5.74, 6) is -1.01. The van der Waals surface area contributed by atoms with Crippen molar-refractivity contribution in [2.45, 2.75) is 51.7 Å². The Hall–Kier alpha value is -1.58. The number of rotatable bonds is 4. The zero-order chi connectivity index (χ0) is 17.9. The van der Waals surface area contributed by atoms with Crippen molar-refractivity contribution in [3.05, 3.63) is 34.4 Å². The third kappa shape index (κ3) is 4.28. The first-order chi connectivity index (χ1) is 11.3. The number of Topliss-reactive ketones (excluding diaryl/α,β-unsaturated/α-hetero) is 1. The molecule has 1 saturated heterocycles. The SMILES string of the molecule is Cc1cc(C)c(C(=O)C(P)C(=N)OC(=O)C2CCCCN2)c(C)c1. The molecule has 2 N–H and O–H groups in total. The molecule has 5 nitrogen and oxygen atoms in total. The molecule has 0 bridgehead atoms. The van der Waals surface area contributed by atoms with Crippen LogP contribution in [0.5, 0.6) is 0 Å². The Balaban J connectivity index is 2.07. The number of hydrogen-bond donors (Lipinski definition) is 2. The minimum atomic E-state index is -0.863. The van der Waals surface area contributed by atoms with Crippen molar-refractivity contribution in [1.82, 2.24) is 5.32 Å². The number of carbonyl (C=O) groups is 2. The molecule has 1 aliphatic rings. The van der Waals surface area contributed by atoms with Crippen LogP contribution in [0.2, 0.25) is 0 Å². The first-order valence-corrected chi connectivity index (χ1v) is 8.89. The summed E-state index contributed by atoms with van der Waals surface area (Å²) >= 11 is 0. The van der Waals surface area contributed by atoms with Crippen LogP contribution in [-0.2, 0) is 9.53 Å². The smallest absolute Gasteiger partial charge is 0.329 e. The number of esters is 1. The normalized spacial score (nSPS) is 18.8. The van der Waals surface area contributed by atoms with Gasteiger partial charge in [0.25, 0.3) is 0 Å². The molecule has 3 unspecified atom stereocenters. The number of aryl methyl sites for hydroxylation is 3. The van der Waals surface area contributed by atoms with Gasteiger partial charge in [-0.3, -0.25) is 10.2 Å². The highest BCUT2D eigenvalue weighted by molar-refractivity contribution is 7.21. The number of carbonyl (C=O) groups excluding carboxylic acids is 2. The number of ether oxygens (including phenoxy) is 1. The maximum Gasteiger partial charge on any atom is 0.329 e. The van der Waals surface area contributed by atoms with Crippen LogP contribution in [0.4, 0.5) is 0 Å². The maximum atomic E-state index is 12.7. The molecule has 1 aliphatic heterocycles. The Labute approximate surface area is 145 Å². The molecule has 1 aromatic carbocycles. The van der Waals surface area contributed by atoms with Crippen LogP contribution < -0.4 is 5.32 Å². The molecule has 3 atom stereocenters. The molecule has 2 rings (SSSR count). The summed E-state index contributed by atoms with van der Waals surface area (Å²) < 4.78 is 5.14. The zero-order valence-electron chi connectivity index (χ0n) is 14.4. The standard InChI is InChI=1S/C18H25N2O3P/c1-10-8-11(2)14(12(3)9-10)15(21)16(24)17(19)23-18(22)13-6-4-5-7-20-13/h8-9,13,16,19-20H,4-7,24H2,1-3H3. The summed E-state index contributed by atoms with van der Waals surface area (Å²) in [6, 6.07) is 3.51. The number of hydrogen-bond acceptors (Lipinski definition) is 5. The lowest BCUT2D eigenvalue weighted by Gasteiger charge is -2.22. The summed E-state index contributed by atoms with van der Waals surface area (Å²) in [5.41, 5.74) is 2.57. The van der Waals surface area contributed by atoms with Gasteiger partial charge in [-0.2, -0.15) is 0 Å². The molecule has 1 heterocycles. The van der Waals surface area contributed by atoms with E-state index < -0.39 is 11.6 Å². The average Bonchev–Trinajstić information content (AvgIpc) is 2.53. The first-order valence-electron chi connectivity index (χ1n) is 8.22. The molecule has 1 fully saturated rings. The van der Waals surface area contributed by atoms with Gasteiger partial charge in [-0.1, -0.05) is 24.1 Å². The molecular weight excluding hydrogens is 323 g/mol. The third-order valence-electron chi connectivity index (χ3n) is 4.29. The number of piperidine rings is 1. The van der Waals surface area contributed by atoms with Crippen LogP contribution in [0.3, 0.4) is 0 Å². The van der Waals surface area contributed by atoms with Gasteiger partial charge in [-0.05, 0) is 51.3 Å². The fourth-order valence-electron chi connectivity index (χ4n) is 3.14. The highest BCUT2D eigenvalue weighted by atomic mass is 31.0. The van der Waals surface area contributed by atoms with Crippen molar-refractivity contribution in [3.63, 3.8) is 0 Å². The van der Waals surface area contributed by atoms with Crippen molar-refractivity contribution in [2.24, 2.45) is 0 Å². The van der Waals surface area contributed by atoms with E-state index in [0.717, 1.165) is 36.1 Å². The van der Waals surface area contributed by atoms with Gasteiger partial charge in [0.15, 0.2) is 5.78 Å². The average molecular weight is 348 g/mol. The lowest BCUT2D eigenvalue weighted by molar-refractivity contribution is -0.138. The lowest BCUT2D eigenvalue weighted by atomic mass is 9.95. The van der Waals surface area contributed by atoms with Crippen LogP contribution >= 0.6 is 9.24 Å². The van der Waals surface area contributed by atoms with E-state index in [1.165, 1.54) is 0 Å². The number of nitrogens with one attached hydrogen (secondary N) is 2. The molecule has 0 radical (unpaired) electrons. The minimum absolute atomic E-state index is 0.218. The third-order valence-corrected chi connectivity index (χ3v) is 4.90. The fourth-order valence-corrected chi connectivity index (χ4v) is 3.37. The van der Waals surface area contributed by atoms with Gasteiger partial charge < -0.3 is 10.1 Å². The van der Waals surface area contributed by atoms with Gasteiger partial charge in [0.1, 0.15) is 11.7 Å². The monoisotopic (exact) mass is 348 g/mol. The molecule has 0 amide bonds. The van der Waals surface area contributed by atoms with Gasteiger partial charge in [0.2, 0.25) is 5.90 Å². The molecule has 1 aromatic rings. The van der Waals surface area contributed by atoms with E-state index in [1.54, 1.807) is 0 Å². The highest BCUT2D eigenvalue weighted by Gasteiger charge is 2.29. The summed E-state index contributed by atoms with van der Waals surface area (Å²) in [6.45, 7) is 6.52.